The summed E-state index contributed by atoms with van der Waals surface area (Å²) in [6.45, 7) is 0. The highest BCUT2D eigenvalue weighted by molar-refractivity contribution is 5.99. The van der Waals surface area contributed by atoms with E-state index in [0.29, 0.717) is 33.9 Å². The third-order valence-electron chi connectivity index (χ3n) is 3.91. The van der Waals surface area contributed by atoms with Crippen molar-refractivity contribution in [1.82, 2.24) is 0 Å². The zero-order valence-corrected chi connectivity index (χ0v) is 14.0. The van der Waals surface area contributed by atoms with Crippen LogP contribution >= 0.6 is 0 Å². The van der Waals surface area contributed by atoms with Crippen molar-refractivity contribution in [3.05, 3.63) is 53.1 Å². The molecule has 130 valence electrons. The molecule has 1 aliphatic rings. The Morgan fingerprint density at radius 3 is 2.52 bits per heavy atom. The van der Waals surface area contributed by atoms with Crippen molar-refractivity contribution < 1.29 is 28.5 Å². The molecular weight excluding hydrogens is 326 g/mol. The molecule has 1 N–H and O–H groups in total. The van der Waals surface area contributed by atoms with Crippen LogP contribution in [0.5, 0.6) is 11.5 Å². The number of fused-ring (bicyclic) bond motifs is 1. The van der Waals surface area contributed by atoms with E-state index in [4.69, 9.17) is 18.9 Å². The maximum Gasteiger partial charge on any atom is 0.344 e. The number of rotatable bonds is 5. The van der Waals surface area contributed by atoms with E-state index in [0.717, 1.165) is 0 Å². The average Bonchev–Trinajstić information content (AvgIpc) is 2.96. The smallest absolute Gasteiger partial charge is 0.344 e. The molecule has 0 aliphatic carbocycles. The summed E-state index contributed by atoms with van der Waals surface area (Å²) in [5.41, 5.74) is 1.74. The molecule has 0 saturated heterocycles. The van der Waals surface area contributed by atoms with Gasteiger partial charge in [0.1, 0.15) is 5.56 Å². The van der Waals surface area contributed by atoms with Gasteiger partial charge >= 0.3 is 11.9 Å². The van der Waals surface area contributed by atoms with E-state index in [1.54, 1.807) is 36.4 Å². The largest absolute Gasteiger partial charge is 0.493 e. The molecule has 1 heterocycles. The summed E-state index contributed by atoms with van der Waals surface area (Å²) in [5, 5.41) is 3.06. The van der Waals surface area contributed by atoms with Gasteiger partial charge in [-0.25, -0.2) is 9.59 Å². The lowest BCUT2D eigenvalue weighted by atomic mass is 10.1. The number of cyclic esters (lactones) is 1. The lowest BCUT2D eigenvalue weighted by Crippen LogP contribution is -2.14. The molecule has 1 atom stereocenters. The number of nitrogens with one attached hydrogen (secondary N) is 1. The number of anilines is 1. The number of ether oxygens (including phenoxy) is 4. The summed E-state index contributed by atoms with van der Waals surface area (Å²) >= 11 is 0. The minimum atomic E-state index is -0.756. The van der Waals surface area contributed by atoms with Crippen LogP contribution in [0.15, 0.2) is 36.4 Å². The molecule has 2 aromatic carbocycles. The van der Waals surface area contributed by atoms with Gasteiger partial charge in [0.25, 0.3) is 0 Å². The van der Waals surface area contributed by atoms with Crippen LogP contribution in [-0.2, 0) is 9.47 Å². The minimum Gasteiger partial charge on any atom is -0.493 e. The Hall–Kier alpha value is -3.22. The minimum absolute atomic E-state index is 0.301. The van der Waals surface area contributed by atoms with Crippen LogP contribution in [0.2, 0.25) is 0 Å². The van der Waals surface area contributed by atoms with Crippen molar-refractivity contribution in [1.29, 1.82) is 0 Å². The van der Waals surface area contributed by atoms with E-state index in [-0.39, 0.29) is 0 Å². The zero-order valence-electron chi connectivity index (χ0n) is 14.0. The molecule has 1 aliphatic heterocycles. The Morgan fingerprint density at radius 2 is 1.84 bits per heavy atom. The van der Waals surface area contributed by atoms with E-state index >= 15 is 0 Å². The van der Waals surface area contributed by atoms with Crippen LogP contribution in [-0.4, -0.2) is 33.3 Å². The van der Waals surface area contributed by atoms with Crippen LogP contribution in [0.25, 0.3) is 0 Å². The number of para-hydroxylation sites is 1. The van der Waals surface area contributed by atoms with Crippen molar-refractivity contribution in [2.45, 2.75) is 6.23 Å². The molecule has 0 bridgehead atoms. The molecule has 3 rings (SSSR count). The summed E-state index contributed by atoms with van der Waals surface area (Å²) < 4.78 is 20.7. The molecule has 0 fully saturated rings. The Labute approximate surface area is 144 Å². The van der Waals surface area contributed by atoms with Gasteiger partial charge < -0.3 is 24.3 Å². The highest BCUT2D eigenvalue weighted by atomic mass is 16.6. The van der Waals surface area contributed by atoms with Crippen LogP contribution in [0, 0.1) is 0 Å². The fraction of sp³-hybridized carbons (Fsp3) is 0.222. The SMILES string of the molecule is COC(=O)c1ccccc1N[C@@H]1OC(=O)c2c1ccc(OC)c2OC. The van der Waals surface area contributed by atoms with Gasteiger partial charge in [0.15, 0.2) is 11.5 Å². The normalized spacial score (nSPS) is 15.2. The van der Waals surface area contributed by atoms with Crippen molar-refractivity contribution >= 4 is 17.6 Å². The van der Waals surface area contributed by atoms with E-state index in [9.17, 15) is 9.59 Å². The summed E-state index contributed by atoms with van der Waals surface area (Å²) in [6.07, 6.45) is -0.756. The van der Waals surface area contributed by atoms with E-state index < -0.39 is 18.2 Å². The Morgan fingerprint density at radius 1 is 1.08 bits per heavy atom. The van der Waals surface area contributed by atoms with Crippen LogP contribution in [0.1, 0.15) is 32.5 Å². The fourth-order valence-electron chi connectivity index (χ4n) is 2.75. The van der Waals surface area contributed by atoms with Gasteiger partial charge in [0.2, 0.25) is 6.23 Å². The predicted molar refractivity (Wildman–Crippen MR) is 89.1 cm³/mol. The monoisotopic (exact) mass is 343 g/mol. The maximum atomic E-state index is 12.3. The molecule has 2 aromatic rings. The van der Waals surface area contributed by atoms with E-state index in [1.165, 1.54) is 21.3 Å². The Kier molecular flexibility index (Phi) is 4.47. The second-order valence-electron chi connectivity index (χ2n) is 5.23. The molecule has 7 nitrogen and oxygen atoms in total. The first kappa shape index (κ1) is 16.6. The van der Waals surface area contributed by atoms with E-state index in [2.05, 4.69) is 5.32 Å². The van der Waals surface area contributed by atoms with Gasteiger partial charge in [-0.3, -0.25) is 0 Å². The molecule has 0 radical (unpaired) electrons. The molecule has 0 saturated carbocycles. The van der Waals surface area contributed by atoms with Crippen molar-refractivity contribution in [3.8, 4) is 11.5 Å². The Balaban J connectivity index is 1.99. The van der Waals surface area contributed by atoms with Gasteiger partial charge in [0, 0.05) is 5.56 Å². The van der Waals surface area contributed by atoms with Gasteiger partial charge in [-0.2, -0.15) is 0 Å². The molecule has 0 unspecified atom stereocenters. The van der Waals surface area contributed by atoms with E-state index in [1.807, 2.05) is 0 Å². The Bertz CT molecular complexity index is 832. The highest BCUT2D eigenvalue weighted by Gasteiger charge is 2.36. The number of hydrogen-bond acceptors (Lipinski definition) is 7. The summed E-state index contributed by atoms with van der Waals surface area (Å²) in [4.78, 5) is 24.2. The number of carbonyl (C=O) groups is 2. The average molecular weight is 343 g/mol. The lowest BCUT2D eigenvalue weighted by molar-refractivity contribution is 0.0435. The van der Waals surface area contributed by atoms with Gasteiger partial charge in [-0.15, -0.1) is 0 Å². The third kappa shape index (κ3) is 2.84. The number of benzene rings is 2. The van der Waals surface area contributed by atoms with Gasteiger partial charge in [-0.05, 0) is 24.3 Å². The molecule has 7 heteroatoms. The third-order valence-corrected chi connectivity index (χ3v) is 3.91. The summed E-state index contributed by atoms with van der Waals surface area (Å²) in [6, 6.07) is 10.2. The molecule has 0 spiro atoms. The first-order chi connectivity index (χ1) is 12.1. The van der Waals surface area contributed by atoms with Gasteiger partial charge in [0.05, 0.1) is 32.6 Å². The lowest BCUT2D eigenvalue weighted by Gasteiger charge is -2.17. The van der Waals surface area contributed by atoms with Crippen LogP contribution in [0.4, 0.5) is 5.69 Å². The van der Waals surface area contributed by atoms with Gasteiger partial charge in [-0.1, -0.05) is 12.1 Å². The van der Waals surface area contributed by atoms with Crippen molar-refractivity contribution in [2.24, 2.45) is 0 Å². The predicted octanol–water partition coefficient (Wildman–Crippen LogP) is 2.77. The molecular formula is C18H17NO6. The number of esters is 2. The summed E-state index contributed by atoms with van der Waals surface area (Å²) in [5.74, 6) is -0.261. The fourth-order valence-corrected chi connectivity index (χ4v) is 2.75. The second-order valence-corrected chi connectivity index (χ2v) is 5.23. The highest BCUT2D eigenvalue weighted by Crippen LogP contribution is 2.42. The molecule has 0 aromatic heterocycles. The number of carbonyl (C=O) groups excluding carboxylic acids is 2. The topological polar surface area (TPSA) is 83.1 Å². The summed E-state index contributed by atoms with van der Waals surface area (Å²) in [7, 11) is 4.26. The van der Waals surface area contributed by atoms with Crippen LogP contribution < -0.4 is 14.8 Å². The number of methoxy groups -OCH3 is 3. The first-order valence-corrected chi connectivity index (χ1v) is 7.50. The van der Waals surface area contributed by atoms with Crippen LogP contribution in [0.3, 0.4) is 0 Å². The second kappa shape index (κ2) is 6.72. The van der Waals surface area contributed by atoms with Crippen molar-refractivity contribution in [2.75, 3.05) is 26.6 Å². The standard InChI is InChI=1S/C18H17NO6/c1-22-13-9-8-11-14(15(13)23-2)18(21)25-16(11)19-12-7-5-4-6-10(12)17(20)24-3/h4-9,16,19H,1-3H3/t16-/m1/s1. The first-order valence-electron chi connectivity index (χ1n) is 7.50. The number of hydrogen-bond donors (Lipinski definition) is 1. The molecule has 0 amide bonds. The quantitative estimate of drug-likeness (QED) is 0.836. The molecule has 25 heavy (non-hydrogen) atoms. The zero-order chi connectivity index (χ0) is 18.0. The maximum absolute atomic E-state index is 12.3. The van der Waals surface area contributed by atoms with Crippen molar-refractivity contribution in [3.63, 3.8) is 0 Å².